The molecule has 0 bridgehead atoms. The minimum Gasteiger partial charge on any atom is -0.338 e. The molecule has 1 aromatic heterocycles. The number of aromatic nitrogens is 2. The molecule has 0 radical (unpaired) electrons. The van der Waals surface area contributed by atoms with Crippen LogP contribution in [0.15, 0.2) is 4.52 Å². The maximum atomic E-state index is 5.39. The second kappa shape index (κ2) is 7.04. The maximum absolute atomic E-state index is 5.39. The van der Waals surface area contributed by atoms with Crippen LogP contribution in [-0.2, 0) is 6.42 Å². The first-order valence-corrected chi connectivity index (χ1v) is 7.73. The van der Waals surface area contributed by atoms with Crippen LogP contribution in [0.2, 0.25) is 0 Å². The van der Waals surface area contributed by atoms with Crippen molar-refractivity contribution < 1.29 is 4.52 Å². The van der Waals surface area contributed by atoms with E-state index < -0.39 is 0 Å². The first-order valence-electron chi connectivity index (χ1n) is 7.73. The molecule has 4 nitrogen and oxygen atoms in total. The lowest BCUT2D eigenvalue weighted by atomic mass is 9.89. The van der Waals surface area contributed by atoms with Crippen LogP contribution in [0.3, 0.4) is 0 Å². The molecule has 1 aromatic rings. The molecule has 108 valence electrons. The molecule has 0 aliphatic heterocycles. The molecule has 0 unspecified atom stereocenters. The van der Waals surface area contributed by atoms with Gasteiger partial charge in [-0.15, -0.1) is 0 Å². The fraction of sp³-hybridized carbons (Fsp3) is 0.867. The van der Waals surface area contributed by atoms with Crippen LogP contribution < -0.4 is 0 Å². The molecular weight excluding hydrogens is 238 g/mol. The van der Waals surface area contributed by atoms with Gasteiger partial charge >= 0.3 is 0 Å². The van der Waals surface area contributed by atoms with Gasteiger partial charge in [0.25, 0.3) is 0 Å². The van der Waals surface area contributed by atoms with Gasteiger partial charge in [-0.2, -0.15) is 4.98 Å². The zero-order chi connectivity index (χ0) is 13.7. The summed E-state index contributed by atoms with van der Waals surface area (Å²) in [6.07, 6.45) is 8.93. The first-order chi connectivity index (χ1) is 9.20. The van der Waals surface area contributed by atoms with E-state index in [9.17, 15) is 0 Å². The van der Waals surface area contributed by atoms with Crippen LogP contribution in [0, 0.1) is 5.92 Å². The Morgan fingerprint density at radius 3 is 2.74 bits per heavy atom. The Labute approximate surface area is 116 Å². The van der Waals surface area contributed by atoms with Crippen molar-refractivity contribution in [3.63, 3.8) is 0 Å². The van der Waals surface area contributed by atoms with Gasteiger partial charge in [0.2, 0.25) is 5.89 Å². The lowest BCUT2D eigenvalue weighted by molar-refractivity contribution is 0.164. The molecule has 1 atom stereocenters. The quantitative estimate of drug-likeness (QED) is 0.788. The molecule has 0 N–H and O–H groups in total. The van der Waals surface area contributed by atoms with Crippen molar-refractivity contribution in [2.75, 3.05) is 13.6 Å². The van der Waals surface area contributed by atoms with Gasteiger partial charge < -0.3 is 4.52 Å². The summed E-state index contributed by atoms with van der Waals surface area (Å²) in [5.41, 5.74) is 0. The third-order valence-electron chi connectivity index (χ3n) is 4.25. The van der Waals surface area contributed by atoms with Crippen LogP contribution in [0.5, 0.6) is 0 Å². The third-order valence-corrected chi connectivity index (χ3v) is 4.25. The predicted octanol–water partition coefficient (Wildman–Crippen LogP) is 3.60. The van der Waals surface area contributed by atoms with E-state index in [0.717, 1.165) is 37.0 Å². The summed E-state index contributed by atoms with van der Waals surface area (Å²) < 4.78 is 5.39. The van der Waals surface area contributed by atoms with E-state index >= 15 is 0 Å². The number of aryl methyl sites for hydroxylation is 1. The molecule has 0 saturated heterocycles. The van der Waals surface area contributed by atoms with Crippen molar-refractivity contribution in [1.29, 1.82) is 0 Å². The van der Waals surface area contributed by atoms with E-state index in [4.69, 9.17) is 4.52 Å². The zero-order valence-electron chi connectivity index (χ0n) is 12.6. The Hall–Kier alpha value is -0.900. The van der Waals surface area contributed by atoms with Gasteiger partial charge in [0.05, 0.1) is 6.04 Å². The van der Waals surface area contributed by atoms with E-state index in [2.05, 4.69) is 35.9 Å². The fourth-order valence-electron chi connectivity index (χ4n) is 2.89. The SMILES string of the molecule is CCCc1noc([C@@H](C)N(C)CC2CCCCC2)n1. The first kappa shape index (κ1) is 14.5. The molecule has 0 aromatic carbocycles. The van der Waals surface area contributed by atoms with Gasteiger partial charge in [0.1, 0.15) is 0 Å². The highest BCUT2D eigenvalue weighted by molar-refractivity contribution is 4.92. The molecule has 1 fully saturated rings. The Balaban J connectivity index is 1.87. The minimum atomic E-state index is 0.222. The highest BCUT2D eigenvalue weighted by atomic mass is 16.5. The Morgan fingerprint density at radius 2 is 2.05 bits per heavy atom. The van der Waals surface area contributed by atoms with E-state index in [1.54, 1.807) is 0 Å². The summed E-state index contributed by atoms with van der Waals surface area (Å²) in [6, 6.07) is 0.222. The van der Waals surface area contributed by atoms with E-state index in [1.165, 1.54) is 32.1 Å². The van der Waals surface area contributed by atoms with Crippen molar-refractivity contribution in [1.82, 2.24) is 15.0 Å². The van der Waals surface area contributed by atoms with Gasteiger partial charge in [0, 0.05) is 13.0 Å². The summed E-state index contributed by atoms with van der Waals surface area (Å²) in [5.74, 6) is 2.46. The van der Waals surface area contributed by atoms with Crippen LogP contribution in [0.1, 0.15) is 70.1 Å². The number of hydrogen-bond donors (Lipinski definition) is 0. The molecule has 1 heterocycles. The predicted molar refractivity (Wildman–Crippen MR) is 75.9 cm³/mol. The van der Waals surface area contributed by atoms with Crippen molar-refractivity contribution in [2.24, 2.45) is 5.92 Å². The monoisotopic (exact) mass is 265 g/mol. The Kier molecular flexibility index (Phi) is 5.37. The largest absolute Gasteiger partial charge is 0.338 e. The summed E-state index contributed by atoms with van der Waals surface area (Å²) in [7, 11) is 2.17. The smallest absolute Gasteiger partial charge is 0.243 e. The van der Waals surface area contributed by atoms with Crippen LogP contribution in [-0.4, -0.2) is 28.6 Å². The van der Waals surface area contributed by atoms with Gasteiger partial charge in [0.15, 0.2) is 5.82 Å². The standard InChI is InChI=1S/C15H27N3O/c1-4-8-14-16-15(19-17-14)12(2)18(3)11-13-9-6-5-7-10-13/h12-13H,4-11H2,1-3H3/t12-/m1/s1. The molecular formula is C15H27N3O. The van der Waals surface area contributed by atoms with Crippen molar-refractivity contribution in [3.8, 4) is 0 Å². The lowest BCUT2D eigenvalue weighted by Gasteiger charge is -2.29. The summed E-state index contributed by atoms with van der Waals surface area (Å²) in [5, 5.41) is 4.04. The molecule has 2 rings (SSSR count). The van der Waals surface area contributed by atoms with Gasteiger partial charge in [-0.3, -0.25) is 4.90 Å². The average molecular weight is 265 g/mol. The third kappa shape index (κ3) is 4.03. The molecule has 1 aliphatic rings. The van der Waals surface area contributed by atoms with Gasteiger partial charge in [-0.1, -0.05) is 31.3 Å². The molecule has 4 heteroatoms. The molecule has 0 spiro atoms. The minimum absolute atomic E-state index is 0.222. The zero-order valence-corrected chi connectivity index (χ0v) is 12.6. The van der Waals surface area contributed by atoms with Crippen molar-refractivity contribution in [2.45, 2.75) is 64.8 Å². The topological polar surface area (TPSA) is 42.2 Å². The van der Waals surface area contributed by atoms with E-state index in [-0.39, 0.29) is 6.04 Å². The van der Waals surface area contributed by atoms with Gasteiger partial charge in [-0.05, 0) is 39.2 Å². The lowest BCUT2D eigenvalue weighted by Crippen LogP contribution is -2.29. The number of rotatable bonds is 6. The van der Waals surface area contributed by atoms with Gasteiger partial charge in [-0.25, -0.2) is 0 Å². The van der Waals surface area contributed by atoms with Crippen LogP contribution in [0.25, 0.3) is 0 Å². The summed E-state index contributed by atoms with van der Waals surface area (Å²) >= 11 is 0. The molecule has 0 amide bonds. The molecule has 1 aliphatic carbocycles. The second-order valence-corrected chi connectivity index (χ2v) is 5.92. The second-order valence-electron chi connectivity index (χ2n) is 5.92. The maximum Gasteiger partial charge on any atom is 0.243 e. The summed E-state index contributed by atoms with van der Waals surface area (Å²) in [6.45, 7) is 5.44. The normalized spacial score (nSPS) is 18.9. The Morgan fingerprint density at radius 1 is 1.32 bits per heavy atom. The van der Waals surface area contributed by atoms with E-state index in [0.29, 0.717) is 0 Å². The number of nitrogens with zero attached hydrogens (tertiary/aromatic N) is 3. The van der Waals surface area contributed by atoms with Crippen LogP contribution >= 0.6 is 0 Å². The van der Waals surface area contributed by atoms with Crippen molar-refractivity contribution in [3.05, 3.63) is 11.7 Å². The highest BCUT2D eigenvalue weighted by Gasteiger charge is 2.22. The molecule has 19 heavy (non-hydrogen) atoms. The fourth-order valence-corrected chi connectivity index (χ4v) is 2.89. The highest BCUT2D eigenvalue weighted by Crippen LogP contribution is 2.26. The summed E-state index contributed by atoms with van der Waals surface area (Å²) in [4.78, 5) is 6.85. The van der Waals surface area contributed by atoms with Crippen LogP contribution in [0.4, 0.5) is 0 Å². The average Bonchev–Trinajstić information content (AvgIpc) is 2.88. The molecule has 1 saturated carbocycles. The Bertz CT molecular complexity index is 371. The van der Waals surface area contributed by atoms with Crippen molar-refractivity contribution >= 4 is 0 Å². The van der Waals surface area contributed by atoms with E-state index in [1.807, 2.05) is 0 Å². The number of hydrogen-bond acceptors (Lipinski definition) is 4.